The summed E-state index contributed by atoms with van der Waals surface area (Å²) < 4.78 is 49.6. The fourth-order valence-electron chi connectivity index (χ4n) is 2.84. The van der Waals surface area contributed by atoms with Gasteiger partial charge in [-0.2, -0.15) is 0 Å². The van der Waals surface area contributed by atoms with Crippen LogP contribution < -0.4 is 15.4 Å². The monoisotopic (exact) mass is 434 g/mol. The highest BCUT2D eigenvalue weighted by Gasteiger charge is 2.29. The van der Waals surface area contributed by atoms with Gasteiger partial charge in [0, 0.05) is 17.5 Å². The molecule has 1 aliphatic rings. The lowest BCUT2D eigenvalue weighted by Crippen LogP contribution is -2.46. The van der Waals surface area contributed by atoms with E-state index in [1.807, 2.05) is 19.9 Å². The van der Waals surface area contributed by atoms with Gasteiger partial charge in [0.2, 0.25) is 5.89 Å². The number of alkyl halides is 3. The Kier molecular flexibility index (Phi) is 6.75. The Morgan fingerprint density at radius 1 is 1.34 bits per heavy atom. The molecule has 3 rings (SSSR count). The first-order valence-electron chi connectivity index (χ1n) is 8.99. The molecule has 0 saturated carbocycles. The smallest absolute Gasteiger partial charge is 0.447 e. The second-order valence-corrected chi connectivity index (χ2v) is 7.86. The number of nitrogens with one attached hydrogen (secondary N) is 2. The minimum atomic E-state index is -4.71. The number of nitrogens with zero attached hydrogens (tertiary/aromatic N) is 2. The first-order valence-corrected chi connectivity index (χ1v) is 9.81. The standard InChI is InChI=1S/C17H21F3N4O4S/c1-9-7-13(29-10(9)2)14(25)22-11-3-4-12(21-8-11)15-23-24-16(28-15)26-5-6-27-17(18,19)20/h7,11-12,21H,3-6,8H2,1-2H3,(H,22,25)/t11-,12+/m0/s1. The Hall–Kier alpha value is -2.18. The number of thiophene rings is 1. The van der Waals surface area contributed by atoms with Crippen molar-refractivity contribution >= 4 is 17.2 Å². The van der Waals surface area contributed by atoms with Gasteiger partial charge in [-0.1, -0.05) is 5.10 Å². The molecule has 0 unspecified atom stereocenters. The van der Waals surface area contributed by atoms with Crippen LogP contribution in [0, 0.1) is 13.8 Å². The third-order valence-corrected chi connectivity index (χ3v) is 5.59. The van der Waals surface area contributed by atoms with Gasteiger partial charge in [0.05, 0.1) is 17.5 Å². The van der Waals surface area contributed by atoms with E-state index in [4.69, 9.17) is 9.15 Å². The fraction of sp³-hybridized carbons (Fsp3) is 0.588. The van der Waals surface area contributed by atoms with Crippen molar-refractivity contribution in [2.24, 2.45) is 0 Å². The van der Waals surface area contributed by atoms with E-state index < -0.39 is 13.0 Å². The molecule has 0 spiro atoms. The number of ether oxygens (including phenoxy) is 2. The van der Waals surface area contributed by atoms with E-state index in [9.17, 15) is 18.0 Å². The minimum Gasteiger partial charge on any atom is -0.447 e. The molecule has 29 heavy (non-hydrogen) atoms. The first-order chi connectivity index (χ1) is 13.7. The van der Waals surface area contributed by atoms with Gasteiger partial charge in [-0.15, -0.1) is 29.6 Å². The highest BCUT2D eigenvalue weighted by Crippen LogP contribution is 2.25. The Morgan fingerprint density at radius 2 is 2.14 bits per heavy atom. The normalized spacial score (nSPS) is 19.9. The zero-order chi connectivity index (χ0) is 21.0. The number of hydrogen-bond donors (Lipinski definition) is 2. The lowest BCUT2D eigenvalue weighted by atomic mass is 10.0. The van der Waals surface area contributed by atoms with Gasteiger partial charge in [-0.25, -0.2) is 0 Å². The van der Waals surface area contributed by atoms with Crippen molar-refractivity contribution in [3.05, 3.63) is 27.3 Å². The van der Waals surface area contributed by atoms with Crippen molar-refractivity contribution in [1.82, 2.24) is 20.8 Å². The third kappa shape index (κ3) is 6.15. The minimum absolute atomic E-state index is 0.0281. The van der Waals surface area contributed by atoms with E-state index in [0.29, 0.717) is 24.3 Å². The molecule has 2 aromatic heterocycles. The lowest BCUT2D eigenvalue weighted by molar-refractivity contribution is -0.325. The number of halogens is 3. The Labute approximate surface area is 168 Å². The van der Waals surface area contributed by atoms with Crippen LogP contribution in [0.15, 0.2) is 10.5 Å². The SMILES string of the molecule is Cc1cc(C(=O)N[C@H]2CC[C@H](c3nnc(OCCOC(F)(F)F)o3)NC2)sc1C. The third-order valence-electron chi connectivity index (χ3n) is 4.43. The number of aryl methyl sites for hydroxylation is 2. The summed E-state index contributed by atoms with van der Waals surface area (Å²) in [6.07, 6.45) is -3.56. The summed E-state index contributed by atoms with van der Waals surface area (Å²) in [6.45, 7) is 3.44. The molecular formula is C17H21F3N4O4S. The number of carbonyl (C=O) groups excluding carboxylic acids is 1. The molecule has 2 N–H and O–H groups in total. The van der Waals surface area contributed by atoms with Crippen molar-refractivity contribution in [3.63, 3.8) is 0 Å². The second-order valence-electron chi connectivity index (χ2n) is 6.61. The van der Waals surface area contributed by atoms with Gasteiger partial charge < -0.3 is 19.8 Å². The van der Waals surface area contributed by atoms with Crippen molar-refractivity contribution in [2.45, 2.75) is 45.1 Å². The maximum atomic E-state index is 12.4. The van der Waals surface area contributed by atoms with E-state index in [2.05, 4.69) is 25.6 Å². The molecule has 0 aliphatic carbocycles. The van der Waals surface area contributed by atoms with Gasteiger partial charge in [0.15, 0.2) is 0 Å². The largest absolute Gasteiger partial charge is 0.522 e. The van der Waals surface area contributed by atoms with Crippen molar-refractivity contribution < 1.29 is 31.9 Å². The molecule has 12 heteroatoms. The number of carbonyl (C=O) groups is 1. The van der Waals surface area contributed by atoms with Crippen LogP contribution >= 0.6 is 11.3 Å². The Morgan fingerprint density at radius 3 is 2.76 bits per heavy atom. The lowest BCUT2D eigenvalue weighted by Gasteiger charge is -2.28. The van der Waals surface area contributed by atoms with E-state index in [-0.39, 0.29) is 36.6 Å². The molecule has 160 valence electrons. The number of piperidine rings is 1. The molecule has 1 amide bonds. The molecular weight excluding hydrogens is 413 g/mol. The molecule has 0 radical (unpaired) electrons. The summed E-state index contributed by atoms with van der Waals surface area (Å²) in [5.74, 6) is 0.192. The van der Waals surface area contributed by atoms with E-state index in [1.165, 1.54) is 11.3 Å². The highest BCUT2D eigenvalue weighted by atomic mass is 32.1. The zero-order valence-electron chi connectivity index (χ0n) is 15.8. The van der Waals surface area contributed by atoms with Crippen LogP contribution in [0.1, 0.15) is 44.9 Å². The molecule has 1 aliphatic heterocycles. The average Bonchev–Trinajstić information content (AvgIpc) is 3.26. The van der Waals surface area contributed by atoms with Crippen molar-refractivity contribution in [3.8, 4) is 6.08 Å². The van der Waals surface area contributed by atoms with E-state index in [1.54, 1.807) is 0 Å². The van der Waals surface area contributed by atoms with E-state index in [0.717, 1.165) is 10.4 Å². The topological polar surface area (TPSA) is 98.5 Å². The molecule has 2 atom stereocenters. The van der Waals surface area contributed by atoms with Crippen molar-refractivity contribution in [1.29, 1.82) is 0 Å². The predicted octanol–water partition coefficient (Wildman–Crippen LogP) is 2.89. The van der Waals surface area contributed by atoms with Crippen LogP contribution in [-0.2, 0) is 4.74 Å². The molecule has 8 nitrogen and oxygen atoms in total. The van der Waals surface area contributed by atoms with Gasteiger partial charge in [0.1, 0.15) is 6.61 Å². The molecule has 2 aromatic rings. The van der Waals surface area contributed by atoms with Crippen LogP contribution in [0.3, 0.4) is 0 Å². The number of rotatable bonds is 7. The number of hydrogen-bond acceptors (Lipinski definition) is 8. The quantitative estimate of drug-likeness (QED) is 0.647. The molecule has 0 bridgehead atoms. The van der Waals surface area contributed by atoms with Gasteiger partial charge >= 0.3 is 12.4 Å². The van der Waals surface area contributed by atoms with Crippen LogP contribution in [0.4, 0.5) is 13.2 Å². The van der Waals surface area contributed by atoms with Gasteiger partial charge in [-0.05, 0) is 38.3 Å². The maximum absolute atomic E-state index is 12.4. The van der Waals surface area contributed by atoms with Gasteiger partial charge in [-0.3, -0.25) is 9.53 Å². The highest BCUT2D eigenvalue weighted by molar-refractivity contribution is 7.14. The molecule has 1 fully saturated rings. The molecule has 1 saturated heterocycles. The maximum Gasteiger partial charge on any atom is 0.522 e. The second kappa shape index (κ2) is 9.09. The van der Waals surface area contributed by atoms with E-state index >= 15 is 0 Å². The number of amides is 1. The number of aromatic nitrogens is 2. The summed E-state index contributed by atoms with van der Waals surface area (Å²) in [4.78, 5) is 14.2. The van der Waals surface area contributed by atoms with Crippen LogP contribution in [0.2, 0.25) is 0 Å². The fourth-order valence-corrected chi connectivity index (χ4v) is 3.78. The zero-order valence-corrected chi connectivity index (χ0v) is 16.7. The van der Waals surface area contributed by atoms with Crippen LogP contribution in [-0.4, -0.2) is 48.3 Å². The predicted molar refractivity (Wildman–Crippen MR) is 96.8 cm³/mol. The van der Waals surface area contributed by atoms with Crippen LogP contribution in [0.25, 0.3) is 0 Å². The summed E-state index contributed by atoms with van der Waals surface area (Å²) >= 11 is 1.47. The van der Waals surface area contributed by atoms with Gasteiger partial charge in [0.25, 0.3) is 5.91 Å². The first kappa shape index (κ1) is 21.5. The summed E-state index contributed by atoms with van der Waals surface area (Å²) in [5, 5.41) is 13.8. The Balaban J connectivity index is 1.42. The summed E-state index contributed by atoms with van der Waals surface area (Å²) in [5.41, 5.74) is 1.10. The summed E-state index contributed by atoms with van der Waals surface area (Å²) in [6, 6.07) is 1.64. The molecule has 0 aromatic carbocycles. The summed E-state index contributed by atoms with van der Waals surface area (Å²) in [7, 11) is 0. The van der Waals surface area contributed by atoms with Crippen LogP contribution in [0.5, 0.6) is 6.08 Å². The van der Waals surface area contributed by atoms with Crippen molar-refractivity contribution in [2.75, 3.05) is 19.8 Å². The average molecular weight is 434 g/mol. The Bertz CT molecular complexity index is 811. The molecule has 3 heterocycles.